The van der Waals surface area contributed by atoms with Gasteiger partial charge in [0.2, 0.25) is 5.82 Å². The molecule has 0 aliphatic carbocycles. The summed E-state index contributed by atoms with van der Waals surface area (Å²) in [5.74, 6) is 0.769. The maximum Gasteiger partial charge on any atom is 0.271 e. The molecule has 3 aromatic rings. The molecule has 0 spiro atoms. The highest BCUT2D eigenvalue weighted by molar-refractivity contribution is 7.92. The highest BCUT2D eigenvalue weighted by atomic mass is 32.2. The SMILES string of the molecule is COc1nsnc1NS(=O)(=O)c1ccc(NC(=S)N2C[C@@H]3C[C@@H](C2)c2cccc(=O)n2C3)cc1. The van der Waals surface area contributed by atoms with Gasteiger partial charge in [0, 0.05) is 43.0 Å². The van der Waals surface area contributed by atoms with Gasteiger partial charge in [-0.05, 0) is 54.9 Å². The van der Waals surface area contributed by atoms with Gasteiger partial charge in [-0.15, -0.1) is 4.37 Å². The van der Waals surface area contributed by atoms with Gasteiger partial charge in [-0.2, -0.15) is 4.37 Å². The molecule has 2 aliphatic rings. The number of fused-ring (bicyclic) bond motifs is 4. The Labute approximate surface area is 205 Å². The van der Waals surface area contributed by atoms with Crippen molar-refractivity contribution in [3.05, 3.63) is 58.5 Å². The largest absolute Gasteiger partial charge is 0.478 e. The van der Waals surface area contributed by atoms with Crippen LogP contribution in [0.4, 0.5) is 11.5 Å². The summed E-state index contributed by atoms with van der Waals surface area (Å²) < 4.78 is 42.4. The Morgan fingerprint density at radius 3 is 2.71 bits per heavy atom. The number of benzene rings is 1. The number of nitrogens with zero attached hydrogens (tertiary/aromatic N) is 4. The van der Waals surface area contributed by atoms with Crippen molar-refractivity contribution in [1.82, 2.24) is 18.2 Å². The number of rotatable bonds is 5. The van der Waals surface area contributed by atoms with Gasteiger partial charge in [0.25, 0.3) is 21.5 Å². The van der Waals surface area contributed by atoms with Gasteiger partial charge in [-0.3, -0.25) is 9.52 Å². The van der Waals surface area contributed by atoms with Crippen molar-refractivity contribution >= 4 is 50.6 Å². The Hall–Kier alpha value is -3.03. The first-order valence-electron chi connectivity index (χ1n) is 10.6. The summed E-state index contributed by atoms with van der Waals surface area (Å²) in [4.78, 5) is 14.4. The summed E-state index contributed by atoms with van der Waals surface area (Å²) in [6.07, 6.45) is 1.04. The molecule has 0 amide bonds. The number of aromatic nitrogens is 3. The first-order chi connectivity index (χ1) is 16.3. The Morgan fingerprint density at radius 1 is 1.15 bits per heavy atom. The lowest BCUT2D eigenvalue weighted by Crippen LogP contribution is -2.50. The Balaban J connectivity index is 1.26. The molecule has 0 radical (unpaired) electrons. The van der Waals surface area contributed by atoms with Crippen molar-refractivity contribution in [1.29, 1.82) is 0 Å². The van der Waals surface area contributed by atoms with E-state index < -0.39 is 10.0 Å². The van der Waals surface area contributed by atoms with Crippen LogP contribution >= 0.6 is 23.9 Å². The van der Waals surface area contributed by atoms with Gasteiger partial charge >= 0.3 is 0 Å². The van der Waals surface area contributed by atoms with E-state index in [4.69, 9.17) is 17.0 Å². The zero-order valence-electron chi connectivity index (χ0n) is 18.2. The van der Waals surface area contributed by atoms with Crippen molar-refractivity contribution in [2.24, 2.45) is 5.92 Å². The third kappa shape index (κ3) is 4.38. The summed E-state index contributed by atoms with van der Waals surface area (Å²) in [6, 6.07) is 11.8. The molecule has 13 heteroatoms. The summed E-state index contributed by atoms with van der Waals surface area (Å²) in [5.41, 5.74) is 1.80. The number of methoxy groups -OCH3 is 1. The molecule has 0 unspecified atom stereocenters. The quantitative estimate of drug-likeness (QED) is 0.491. The second kappa shape index (κ2) is 8.96. The fraction of sp³-hybridized carbons (Fsp3) is 0.333. The Morgan fingerprint density at radius 2 is 1.94 bits per heavy atom. The van der Waals surface area contributed by atoms with E-state index in [1.165, 1.54) is 19.2 Å². The number of piperidine rings is 1. The maximum atomic E-state index is 12.7. The van der Waals surface area contributed by atoms with E-state index in [9.17, 15) is 13.2 Å². The summed E-state index contributed by atoms with van der Waals surface area (Å²) in [6.45, 7) is 2.19. The lowest BCUT2D eigenvalue weighted by molar-refractivity contribution is 0.180. The molecule has 5 rings (SSSR count). The smallest absolute Gasteiger partial charge is 0.271 e. The number of likely N-dealkylation sites (tertiary alicyclic amines) is 1. The maximum absolute atomic E-state index is 12.7. The van der Waals surface area contributed by atoms with Crippen LogP contribution in [0.15, 0.2) is 52.2 Å². The van der Waals surface area contributed by atoms with Crippen LogP contribution in [0.25, 0.3) is 0 Å². The molecule has 1 saturated heterocycles. The van der Waals surface area contributed by atoms with Gasteiger partial charge in [-0.25, -0.2) is 8.42 Å². The fourth-order valence-electron chi connectivity index (χ4n) is 4.55. The Bertz CT molecular complexity index is 1390. The van der Waals surface area contributed by atoms with Gasteiger partial charge in [-0.1, -0.05) is 6.07 Å². The molecule has 178 valence electrons. The van der Waals surface area contributed by atoms with Gasteiger partial charge in [0.1, 0.15) is 0 Å². The number of hydrogen-bond acceptors (Lipinski definition) is 8. The zero-order valence-corrected chi connectivity index (χ0v) is 20.6. The van der Waals surface area contributed by atoms with Crippen LogP contribution in [-0.2, 0) is 16.6 Å². The predicted octanol–water partition coefficient (Wildman–Crippen LogP) is 2.33. The summed E-state index contributed by atoms with van der Waals surface area (Å²) in [5, 5.41) is 3.79. The number of nitrogens with one attached hydrogen (secondary N) is 2. The average Bonchev–Trinajstić information content (AvgIpc) is 3.26. The second-order valence-corrected chi connectivity index (χ2v) is 10.9. The number of hydrogen-bond donors (Lipinski definition) is 2. The number of sulfonamides is 1. The number of anilines is 2. The molecule has 2 aromatic heterocycles. The second-order valence-electron chi connectivity index (χ2n) is 8.29. The third-order valence-electron chi connectivity index (χ3n) is 6.07. The van der Waals surface area contributed by atoms with Crippen molar-refractivity contribution < 1.29 is 13.2 Å². The minimum absolute atomic E-state index is 0.0513. The van der Waals surface area contributed by atoms with Crippen LogP contribution in [-0.4, -0.2) is 51.9 Å². The fourth-order valence-corrected chi connectivity index (χ4v) is 6.35. The van der Waals surface area contributed by atoms with E-state index in [0.29, 0.717) is 23.3 Å². The van der Waals surface area contributed by atoms with Gasteiger partial charge < -0.3 is 19.5 Å². The highest BCUT2D eigenvalue weighted by Gasteiger charge is 2.35. The van der Waals surface area contributed by atoms with Crippen molar-refractivity contribution in [3.63, 3.8) is 0 Å². The lowest BCUT2D eigenvalue weighted by atomic mass is 9.83. The van der Waals surface area contributed by atoms with Crippen molar-refractivity contribution in [2.75, 3.05) is 30.2 Å². The van der Waals surface area contributed by atoms with E-state index in [1.54, 1.807) is 18.2 Å². The first-order valence-corrected chi connectivity index (χ1v) is 13.2. The molecule has 2 atom stereocenters. The number of ether oxygens (including phenoxy) is 1. The van der Waals surface area contributed by atoms with Gasteiger partial charge in [0.05, 0.1) is 23.7 Å². The Kier molecular flexibility index (Phi) is 6.00. The summed E-state index contributed by atoms with van der Waals surface area (Å²) >= 11 is 6.51. The van der Waals surface area contributed by atoms with Crippen molar-refractivity contribution in [3.8, 4) is 5.88 Å². The van der Waals surface area contributed by atoms with E-state index in [-0.39, 0.29) is 28.1 Å². The molecule has 0 saturated carbocycles. The summed E-state index contributed by atoms with van der Waals surface area (Å²) in [7, 11) is -2.45. The third-order valence-corrected chi connectivity index (χ3v) is 8.29. The van der Waals surface area contributed by atoms with Crippen LogP contribution in [0.5, 0.6) is 5.88 Å². The molecular formula is C21H22N6O4S3. The van der Waals surface area contributed by atoms with E-state index in [0.717, 1.165) is 36.9 Å². The minimum atomic E-state index is -3.85. The minimum Gasteiger partial charge on any atom is -0.478 e. The normalized spacial score (nSPS) is 19.3. The molecule has 2 bridgehead atoms. The molecule has 2 aliphatic heterocycles. The average molecular weight is 519 g/mol. The first kappa shape index (κ1) is 22.7. The molecule has 34 heavy (non-hydrogen) atoms. The van der Waals surface area contributed by atoms with Gasteiger partial charge in [0.15, 0.2) is 5.11 Å². The van der Waals surface area contributed by atoms with Crippen LogP contribution in [0.1, 0.15) is 18.0 Å². The molecule has 1 aromatic carbocycles. The number of thiocarbonyl (C=S) groups is 1. The topological polar surface area (TPSA) is 118 Å². The van der Waals surface area contributed by atoms with E-state index >= 15 is 0 Å². The molecular weight excluding hydrogens is 496 g/mol. The van der Waals surface area contributed by atoms with Crippen molar-refractivity contribution in [2.45, 2.75) is 23.8 Å². The predicted molar refractivity (Wildman–Crippen MR) is 133 cm³/mol. The molecule has 4 heterocycles. The molecule has 1 fully saturated rings. The van der Waals surface area contributed by atoms with Crippen LogP contribution in [0, 0.1) is 5.92 Å². The lowest BCUT2D eigenvalue weighted by Gasteiger charge is -2.43. The number of pyridine rings is 1. The van der Waals surface area contributed by atoms with E-state index in [1.807, 2.05) is 16.7 Å². The zero-order chi connectivity index (χ0) is 23.9. The van der Waals surface area contributed by atoms with Crippen LogP contribution < -0.4 is 20.3 Å². The highest BCUT2D eigenvalue weighted by Crippen LogP contribution is 2.35. The van der Waals surface area contributed by atoms with E-state index in [2.05, 4.69) is 23.7 Å². The monoisotopic (exact) mass is 518 g/mol. The van der Waals surface area contributed by atoms with Crippen LogP contribution in [0.3, 0.4) is 0 Å². The van der Waals surface area contributed by atoms with Crippen LogP contribution in [0.2, 0.25) is 0 Å². The molecule has 10 nitrogen and oxygen atoms in total. The molecule has 2 N–H and O–H groups in total. The standard InChI is InChI=1S/C21H22N6O4S3/c1-31-20-19(23-33-24-20)25-34(29,30)16-7-5-15(6-8-16)22-21(32)26-10-13-9-14(12-26)17-3-2-4-18(28)27(17)11-13/h2-8,13-14H,9-12H2,1H3,(H,22,32)(H,23,25)/t13-,14-/m0/s1.